The van der Waals surface area contributed by atoms with Crippen LogP contribution in [0.15, 0.2) is 24.7 Å². The van der Waals surface area contributed by atoms with Crippen molar-refractivity contribution in [3.63, 3.8) is 0 Å². The molecule has 1 aromatic rings. The highest BCUT2D eigenvalue weighted by molar-refractivity contribution is 5.66. The number of nitrogens with zero attached hydrogens (tertiary/aromatic N) is 3. The number of aromatic nitrogens is 2. The molecular formula is C11H14N3+. The molecule has 0 fully saturated rings. The fraction of sp³-hybridized carbons (Fsp3) is 0.364. The molecule has 0 N–H and O–H groups in total. The Morgan fingerprint density at radius 2 is 2.36 bits per heavy atom. The summed E-state index contributed by atoms with van der Waals surface area (Å²) >= 11 is 0. The van der Waals surface area contributed by atoms with Crippen molar-refractivity contribution in [2.75, 3.05) is 7.05 Å². The van der Waals surface area contributed by atoms with Gasteiger partial charge >= 0.3 is 0 Å². The zero-order chi connectivity index (χ0) is 9.97. The second-order valence-electron chi connectivity index (χ2n) is 3.66. The summed E-state index contributed by atoms with van der Waals surface area (Å²) in [6, 6.07) is 1.94. The van der Waals surface area contributed by atoms with E-state index in [0.29, 0.717) is 5.92 Å². The number of rotatable bonds is 1. The van der Waals surface area contributed by atoms with Crippen molar-refractivity contribution in [1.82, 2.24) is 9.97 Å². The molecule has 0 radical (unpaired) electrons. The minimum atomic E-state index is 0.616. The van der Waals surface area contributed by atoms with Gasteiger partial charge in [0.2, 0.25) is 5.70 Å². The first-order valence-electron chi connectivity index (χ1n) is 4.82. The van der Waals surface area contributed by atoms with Gasteiger partial charge in [0.1, 0.15) is 25.3 Å². The van der Waals surface area contributed by atoms with E-state index < -0.39 is 0 Å². The second-order valence-corrected chi connectivity index (χ2v) is 3.66. The maximum atomic E-state index is 4.24. The smallest absolute Gasteiger partial charge is 0.226 e. The summed E-state index contributed by atoms with van der Waals surface area (Å²) in [5.41, 5.74) is 2.16. The Hall–Kier alpha value is -1.51. The molecule has 1 aliphatic heterocycles. The van der Waals surface area contributed by atoms with Gasteiger partial charge in [-0.3, -0.25) is 0 Å². The molecule has 72 valence electrons. The molecule has 0 spiro atoms. The fourth-order valence-electron chi connectivity index (χ4n) is 1.69. The molecule has 1 aromatic heterocycles. The van der Waals surface area contributed by atoms with Crippen LogP contribution in [0.2, 0.25) is 0 Å². The molecule has 0 bridgehead atoms. The zero-order valence-corrected chi connectivity index (χ0v) is 8.51. The standard InChI is InChI=1S/C11H14N3/c1-9-3-4-11(14(2)7-9)10-5-6-12-8-13-10/h4-9H,3H2,1-2H3/q+1. The summed E-state index contributed by atoms with van der Waals surface area (Å²) in [4.78, 5) is 8.15. The monoisotopic (exact) mass is 188 g/mol. The van der Waals surface area contributed by atoms with E-state index in [-0.39, 0.29) is 0 Å². The van der Waals surface area contributed by atoms with Crippen LogP contribution in [0, 0.1) is 5.92 Å². The predicted molar refractivity (Wildman–Crippen MR) is 56.0 cm³/mol. The van der Waals surface area contributed by atoms with Crippen LogP contribution < -0.4 is 0 Å². The first-order chi connectivity index (χ1) is 6.77. The maximum Gasteiger partial charge on any atom is 0.226 e. The highest BCUT2D eigenvalue weighted by Crippen LogP contribution is 2.18. The predicted octanol–water partition coefficient (Wildman–Crippen LogP) is 1.57. The Labute approximate surface area is 83.8 Å². The van der Waals surface area contributed by atoms with Gasteiger partial charge in [0.15, 0.2) is 0 Å². The molecule has 1 atom stereocenters. The summed E-state index contributed by atoms with van der Waals surface area (Å²) < 4.78 is 2.14. The van der Waals surface area contributed by atoms with Gasteiger partial charge in [0.25, 0.3) is 0 Å². The van der Waals surface area contributed by atoms with Crippen molar-refractivity contribution < 1.29 is 4.58 Å². The van der Waals surface area contributed by atoms with Crippen molar-refractivity contribution >= 4 is 11.9 Å². The van der Waals surface area contributed by atoms with E-state index >= 15 is 0 Å². The topological polar surface area (TPSA) is 28.8 Å². The van der Waals surface area contributed by atoms with E-state index in [1.165, 1.54) is 5.70 Å². The Bertz CT molecular complexity index is 379. The van der Waals surface area contributed by atoms with E-state index in [1.54, 1.807) is 12.5 Å². The maximum absolute atomic E-state index is 4.24. The molecule has 2 rings (SSSR count). The van der Waals surface area contributed by atoms with Crippen molar-refractivity contribution in [3.8, 4) is 0 Å². The minimum absolute atomic E-state index is 0.616. The van der Waals surface area contributed by atoms with Crippen LogP contribution in [0.25, 0.3) is 5.70 Å². The van der Waals surface area contributed by atoms with Crippen LogP contribution in [-0.4, -0.2) is 27.8 Å². The molecule has 0 amide bonds. The molecule has 14 heavy (non-hydrogen) atoms. The normalized spacial score (nSPS) is 21.4. The van der Waals surface area contributed by atoms with Crippen LogP contribution in [-0.2, 0) is 0 Å². The Morgan fingerprint density at radius 1 is 1.50 bits per heavy atom. The van der Waals surface area contributed by atoms with E-state index in [0.717, 1.165) is 12.1 Å². The lowest BCUT2D eigenvalue weighted by Gasteiger charge is -2.09. The van der Waals surface area contributed by atoms with Gasteiger partial charge in [0, 0.05) is 12.1 Å². The van der Waals surface area contributed by atoms with E-state index in [4.69, 9.17) is 0 Å². The largest absolute Gasteiger partial charge is 0.245 e. The van der Waals surface area contributed by atoms with E-state index in [2.05, 4.69) is 40.8 Å². The van der Waals surface area contributed by atoms with E-state index in [1.807, 2.05) is 6.07 Å². The number of hydrogen-bond acceptors (Lipinski definition) is 2. The summed E-state index contributed by atoms with van der Waals surface area (Å²) in [6.45, 7) is 2.21. The number of allylic oxidation sites excluding steroid dienone is 1. The summed E-state index contributed by atoms with van der Waals surface area (Å²) in [5, 5.41) is 0. The van der Waals surface area contributed by atoms with Gasteiger partial charge in [-0.25, -0.2) is 14.5 Å². The Kier molecular flexibility index (Phi) is 2.39. The highest BCUT2D eigenvalue weighted by atomic mass is 15.0. The van der Waals surface area contributed by atoms with Crippen LogP contribution in [0.5, 0.6) is 0 Å². The lowest BCUT2D eigenvalue weighted by atomic mass is 10.0. The molecule has 0 saturated carbocycles. The quantitative estimate of drug-likeness (QED) is 0.626. The van der Waals surface area contributed by atoms with Gasteiger partial charge in [-0.1, -0.05) is 6.92 Å². The van der Waals surface area contributed by atoms with Crippen LogP contribution in [0.1, 0.15) is 19.0 Å². The van der Waals surface area contributed by atoms with Crippen LogP contribution in [0.3, 0.4) is 0 Å². The molecular weight excluding hydrogens is 174 g/mol. The van der Waals surface area contributed by atoms with Crippen molar-refractivity contribution in [2.45, 2.75) is 13.3 Å². The van der Waals surface area contributed by atoms with Crippen molar-refractivity contribution in [3.05, 3.63) is 30.4 Å². The average Bonchev–Trinajstić information content (AvgIpc) is 2.19. The molecule has 1 aliphatic rings. The Balaban J connectivity index is 2.34. The molecule has 3 nitrogen and oxygen atoms in total. The first-order valence-corrected chi connectivity index (χ1v) is 4.82. The van der Waals surface area contributed by atoms with E-state index in [9.17, 15) is 0 Å². The summed E-state index contributed by atoms with van der Waals surface area (Å²) in [6.07, 6.45) is 8.89. The van der Waals surface area contributed by atoms with Crippen LogP contribution in [0.4, 0.5) is 0 Å². The third-order valence-corrected chi connectivity index (χ3v) is 2.39. The van der Waals surface area contributed by atoms with Gasteiger partial charge in [-0.15, -0.1) is 0 Å². The molecule has 0 saturated heterocycles. The zero-order valence-electron chi connectivity index (χ0n) is 8.51. The molecule has 2 heterocycles. The van der Waals surface area contributed by atoms with Gasteiger partial charge in [-0.05, 0) is 18.6 Å². The lowest BCUT2D eigenvalue weighted by molar-refractivity contribution is -0.395. The van der Waals surface area contributed by atoms with Crippen LogP contribution >= 0.6 is 0 Å². The lowest BCUT2D eigenvalue weighted by Crippen LogP contribution is -2.16. The summed E-state index contributed by atoms with van der Waals surface area (Å²) in [5.74, 6) is 0.616. The van der Waals surface area contributed by atoms with Gasteiger partial charge in [0.05, 0.1) is 0 Å². The van der Waals surface area contributed by atoms with Crippen molar-refractivity contribution in [1.29, 1.82) is 0 Å². The molecule has 1 unspecified atom stereocenters. The van der Waals surface area contributed by atoms with Crippen molar-refractivity contribution in [2.24, 2.45) is 5.92 Å². The number of hydrogen-bond donors (Lipinski definition) is 0. The SMILES string of the molecule is CC1C=[N+](C)C(c2ccncn2)=CC1. The molecule has 0 aromatic carbocycles. The van der Waals surface area contributed by atoms with Gasteiger partial charge < -0.3 is 0 Å². The average molecular weight is 188 g/mol. The Morgan fingerprint density at radius 3 is 3.00 bits per heavy atom. The third-order valence-electron chi connectivity index (χ3n) is 2.39. The fourth-order valence-corrected chi connectivity index (χ4v) is 1.69. The minimum Gasteiger partial charge on any atom is -0.245 e. The molecule has 0 aliphatic carbocycles. The molecule has 3 heteroatoms. The second kappa shape index (κ2) is 3.70. The summed E-state index contributed by atoms with van der Waals surface area (Å²) in [7, 11) is 2.06. The van der Waals surface area contributed by atoms with Gasteiger partial charge in [-0.2, -0.15) is 0 Å². The first kappa shape index (κ1) is 9.06. The third kappa shape index (κ3) is 1.71. The highest BCUT2D eigenvalue weighted by Gasteiger charge is 2.18.